The van der Waals surface area contributed by atoms with Gasteiger partial charge in [-0.1, -0.05) is 22.8 Å². The summed E-state index contributed by atoms with van der Waals surface area (Å²) in [6.07, 6.45) is 3.52. The zero-order valence-electron chi connectivity index (χ0n) is 22.2. The van der Waals surface area contributed by atoms with Gasteiger partial charge in [-0.25, -0.2) is 9.37 Å². The molecule has 2 aromatic heterocycles. The minimum Gasteiger partial charge on any atom is -0.473 e. The number of hydrogen-bond donors (Lipinski definition) is 0. The highest BCUT2D eigenvalue weighted by molar-refractivity contribution is 6.29. The monoisotopic (exact) mass is 566 g/mol. The van der Waals surface area contributed by atoms with Gasteiger partial charge in [0, 0.05) is 30.3 Å². The maximum atomic E-state index is 13.9. The molecule has 0 radical (unpaired) electrons. The van der Waals surface area contributed by atoms with E-state index in [1.54, 1.807) is 6.07 Å². The van der Waals surface area contributed by atoms with Crippen LogP contribution < -0.4 is 4.74 Å². The Labute approximate surface area is 235 Å². The Morgan fingerprint density at radius 1 is 1.32 bits per heavy atom. The van der Waals surface area contributed by atoms with Crippen LogP contribution in [0.1, 0.15) is 67.0 Å². The summed E-state index contributed by atoms with van der Waals surface area (Å²) in [5.41, 5.74) is 2.04. The van der Waals surface area contributed by atoms with Crippen LogP contribution >= 0.6 is 11.6 Å². The van der Waals surface area contributed by atoms with Crippen molar-refractivity contribution in [2.75, 3.05) is 13.6 Å². The van der Waals surface area contributed by atoms with E-state index in [9.17, 15) is 19.8 Å². The van der Waals surface area contributed by atoms with Crippen LogP contribution in [0.2, 0.25) is 5.15 Å². The topological polar surface area (TPSA) is 131 Å². The average molecular weight is 567 g/mol. The fourth-order valence-corrected chi connectivity index (χ4v) is 7.13. The molecule has 1 spiro atoms. The highest BCUT2D eigenvalue weighted by atomic mass is 35.5. The number of aromatic nitrogens is 3. The first kappa shape index (κ1) is 26.6. The molecule has 2 aliphatic carbocycles. The number of halogens is 2. The lowest BCUT2D eigenvalue weighted by molar-refractivity contribution is -0.385. The molecule has 10 nitrogen and oxygen atoms in total. The highest BCUT2D eigenvalue weighted by Crippen LogP contribution is 2.53. The van der Waals surface area contributed by atoms with Crippen molar-refractivity contribution in [1.29, 1.82) is 5.26 Å². The van der Waals surface area contributed by atoms with Crippen LogP contribution in [0.3, 0.4) is 0 Å². The van der Waals surface area contributed by atoms with E-state index in [1.165, 1.54) is 12.1 Å². The van der Waals surface area contributed by atoms with Gasteiger partial charge in [-0.3, -0.25) is 15.0 Å². The first-order valence-corrected chi connectivity index (χ1v) is 13.9. The summed E-state index contributed by atoms with van der Waals surface area (Å²) in [7, 11) is 1.87. The molecule has 6 rings (SSSR count). The lowest BCUT2D eigenvalue weighted by Gasteiger charge is -2.40. The second-order valence-electron chi connectivity index (χ2n) is 11.0. The van der Waals surface area contributed by atoms with E-state index in [1.807, 2.05) is 18.9 Å². The number of alkyl halides is 1. The normalized spacial score (nSPS) is 24.8. The van der Waals surface area contributed by atoms with Crippen molar-refractivity contribution in [3.63, 3.8) is 0 Å². The van der Waals surface area contributed by atoms with Crippen LogP contribution in [-0.4, -0.2) is 56.9 Å². The van der Waals surface area contributed by atoms with Crippen molar-refractivity contribution < 1.29 is 18.6 Å². The number of fused-ring (bicyclic) bond motifs is 4. The molecule has 40 heavy (non-hydrogen) atoms. The largest absolute Gasteiger partial charge is 0.473 e. The summed E-state index contributed by atoms with van der Waals surface area (Å²) in [5.74, 6) is 1.11. The molecule has 0 N–H and O–H groups in total. The average Bonchev–Trinajstić information content (AvgIpc) is 3.51. The molecule has 3 aromatic rings. The van der Waals surface area contributed by atoms with Crippen molar-refractivity contribution in [2.24, 2.45) is 0 Å². The van der Waals surface area contributed by atoms with Crippen LogP contribution in [-0.2, 0) is 18.3 Å². The summed E-state index contributed by atoms with van der Waals surface area (Å²) < 4.78 is 26.1. The number of nitro benzene ring substituents is 1. The maximum Gasteiger partial charge on any atom is 0.287 e. The molecule has 1 aromatic carbocycles. The van der Waals surface area contributed by atoms with Crippen molar-refractivity contribution in [2.45, 2.75) is 75.6 Å². The summed E-state index contributed by atoms with van der Waals surface area (Å²) >= 11 is 6.38. The van der Waals surface area contributed by atoms with Crippen LogP contribution in [0, 0.1) is 21.4 Å². The second-order valence-corrected chi connectivity index (χ2v) is 11.4. The molecule has 3 heterocycles. The van der Waals surface area contributed by atoms with Crippen LogP contribution in [0.5, 0.6) is 5.88 Å². The number of rotatable bonds is 5. The number of aryl methyl sites for hydroxylation is 1. The van der Waals surface area contributed by atoms with Crippen molar-refractivity contribution in [3.8, 4) is 23.5 Å². The van der Waals surface area contributed by atoms with E-state index in [2.05, 4.69) is 21.2 Å². The van der Waals surface area contributed by atoms with Gasteiger partial charge in [0.25, 0.3) is 5.69 Å². The number of nitro groups is 1. The molecule has 1 saturated heterocycles. The maximum absolute atomic E-state index is 13.9. The molecule has 0 amide bonds. The van der Waals surface area contributed by atoms with E-state index in [0.29, 0.717) is 49.2 Å². The van der Waals surface area contributed by atoms with E-state index < -0.39 is 16.5 Å². The Morgan fingerprint density at radius 3 is 2.80 bits per heavy atom. The molecule has 208 valence electrons. The zero-order chi connectivity index (χ0) is 28.2. The molecule has 1 fully saturated rings. The first-order chi connectivity index (χ1) is 19.2. The third kappa shape index (κ3) is 4.30. The number of ether oxygens (including phenoxy) is 1. The predicted molar refractivity (Wildman–Crippen MR) is 143 cm³/mol. The Bertz CT molecular complexity index is 1540. The number of likely N-dealkylation sites (N-methyl/N-ethyl adjacent to an activating group) is 1. The summed E-state index contributed by atoms with van der Waals surface area (Å²) in [6.45, 7) is 2.24. The van der Waals surface area contributed by atoms with Crippen molar-refractivity contribution in [3.05, 3.63) is 61.5 Å². The SMILES string of the molecule is C[C@H](Oc1cc(Cl)nc(-c2noc3c2CCCC32CCCc3ccc([N+](=O)[O-])c(C#N)c32)n1)[C@@H]1C[C@@H](F)CN1C. The number of nitrogens with zero attached hydrogens (tertiary/aromatic N) is 6. The number of nitriles is 1. The summed E-state index contributed by atoms with van der Waals surface area (Å²) in [5, 5.41) is 26.4. The fraction of sp³-hybridized carbons (Fsp3) is 0.500. The van der Waals surface area contributed by atoms with Crippen LogP contribution in [0.15, 0.2) is 22.7 Å². The fourth-order valence-electron chi connectivity index (χ4n) is 6.96. The molecular weight excluding hydrogens is 539 g/mol. The Hall–Kier alpha value is -3.62. The van der Waals surface area contributed by atoms with Crippen molar-refractivity contribution in [1.82, 2.24) is 20.0 Å². The van der Waals surface area contributed by atoms with Gasteiger partial charge in [-0.15, -0.1) is 0 Å². The predicted octanol–water partition coefficient (Wildman–Crippen LogP) is 5.33. The molecule has 3 aliphatic rings. The summed E-state index contributed by atoms with van der Waals surface area (Å²) in [6, 6.07) is 6.72. The standard InChI is InChI=1S/C28H28ClFN6O4/c1-15(21-11-17(30)14-35(21)2)39-23-12-22(29)32-27(33-23)25-18-6-4-10-28(26(18)40-34-25)9-3-5-16-7-8-20(36(37)38)19(13-31)24(16)28/h7-8,12,15,17,21H,3-6,9-11,14H2,1-2H3/t15-,17+,21-,28?/m0/s1. The minimum absolute atomic E-state index is 0.0871. The molecule has 0 saturated carbocycles. The van der Waals surface area contributed by atoms with Gasteiger partial charge in [0.2, 0.25) is 5.88 Å². The van der Waals surface area contributed by atoms with E-state index >= 15 is 0 Å². The third-order valence-corrected chi connectivity index (χ3v) is 8.83. The lowest BCUT2D eigenvalue weighted by atomic mass is 9.61. The molecule has 0 bridgehead atoms. The quantitative estimate of drug-likeness (QED) is 0.228. The van der Waals surface area contributed by atoms with Gasteiger partial charge in [-0.05, 0) is 70.0 Å². The van der Waals surface area contributed by atoms with Crippen molar-refractivity contribution >= 4 is 17.3 Å². The number of hydrogen-bond acceptors (Lipinski definition) is 9. The molecule has 1 unspecified atom stereocenters. The van der Waals surface area contributed by atoms with E-state index in [-0.39, 0.29) is 40.3 Å². The van der Waals surface area contributed by atoms with Gasteiger partial charge in [0.1, 0.15) is 29.1 Å². The summed E-state index contributed by atoms with van der Waals surface area (Å²) in [4.78, 5) is 22.2. The Kier molecular flexibility index (Phi) is 6.71. The molecular formula is C28H28ClFN6O4. The van der Waals surface area contributed by atoms with Gasteiger partial charge in [-0.2, -0.15) is 10.2 Å². The minimum atomic E-state index is -0.896. The highest BCUT2D eigenvalue weighted by Gasteiger charge is 2.48. The van der Waals surface area contributed by atoms with Gasteiger partial charge < -0.3 is 9.26 Å². The van der Waals surface area contributed by atoms with Crippen LogP contribution in [0.4, 0.5) is 10.1 Å². The van der Waals surface area contributed by atoms with Gasteiger partial charge >= 0.3 is 0 Å². The van der Waals surface area contributed by atoms with Gasteiger partial charge in [0.15, 0.2) is 17.3 Å². The zero-order valence-corrected chi connectivity index (χ0v) is 22.9. The lowest BCUT2D eigenvalue weighted by Crippen LogP contribution is -2.38. The molecule has 1 aliphatic heterocycles. The van der Waals surface area contributed by atoms with E-state index in [0.717, 1.165) is 30.4 Å². The molecule has 4 atom stereocenters. The number of benzene rings is 1. The molecule has 12 heteroatoms. The van der Waals surface area contributed by atoms with E-state index in [4.69, 9.17) is 20.9 Å². The van der Waals surface area contributed by atoms with Gasteiger partial charge in [0.05, 0.1) is 10.3 Å². The third-order valence-electron chi connectivity index (χ3n) is 8.64. The second kappa shape index (κ2) is 10.1. The Morgan fingerprint density at radius 2 is 2.10 bits per heavy atom. The van der Waals surface area contributed by atoms with Crippen LogP contribution in [0.25, 0.3) is 11.5 Å². The first-order valence-electron chi connectivity index (χ1n) is 13.5. The number of likely N-dealkylation sites (tertiary alicyclic amines) is 1. The smallest absolute Gasteiger partial charge is 0.287 e. The Balaban J connectivity index is 1.40.